The first-order chi connectivity index (χ1) is 12.1. The number of nitrogens with zero attached hydrogens (tertiary/aromatic N) is 4. The van der Waals surface area contributed by atoms with Crippen LogP contribution in [0.2, 0.25) is 0 Å². The van der Waals surface area contributed by atoms with E-state index in [-0.39, 0.29) is 5.91 Å². The fourth-order valence-electron chi connectivity index (χ4n) is 3.42. The van der Waals surface area contributed by atoms with Crippen LogP contribution in [0.5, 0.6) is 0 Å². The Kier molecular flexibility index (Phi) is 5.63. The van der Waals surface area contributed by atoms with Crippen molar-refractivity contribution in [3.05, 3.63) is 41.7 Å². The predicted molar refractivity (Wildman–Crippen MR) is 99.8 cm³/mol. The lowest BCUT2D eigenvalue weighted by atomic mass is 9.98. The Balaban J connectivity index is 1.61. The Bertz CT molecular complexity index is 708. The smallest absolute Gasteiger partial charge is 0.233 e. The van der Waals surface area contributed by atoms with Gasteiger partial charge in [0.15, 0.2) is 5.82 Å². The number of hydrogen-bond acceptors (Lipinski definition) is 5. The van der Waals surface area contributed by atoms with Gasteiger partial charge in [-0.15, -0.1) is 10.2 Å². The fraction of sp³-hybridized carbons (Fsp3) is 0.500. The molecule has 0 saturated carbocycles. The maximum absolute atomic E-state index is 12.6. The van der Waals surface area contributed by atoms with Gasteiger partial charge in [0.1, 0.15) is 0 Å². The molecule has 0 aliphatic carbocycles. The average molecular weight is 359 g/mol. The van der Waals surface area contributed by atoms with Crippen LogP contribution in [0, 0.1) is 0 Å². The SMILES string of the molecule is C[C@@H]1CCC[C@@H](C)N1C(=O)CSc1nnc(Cc2ccccc2)n1N. The van der Waals surface area contributed by atoms with Crippen molar-refractivity contribution in [3.8, 4) is 0 Å². The molecule has 2 N–H and O–H groups in total. The van der Waals surface area contributed by atoms with Gasteiger partial charge in [-0.05, 0) is 38.7 Å². The van der Waals surface area contributed by atoms with Crippen LogP contribution < -0.4 is 5.84 Å². The van der Waals surface area contributed by atoms with Crippen LogP contribution in [0.3, 0.4) is 0 Å². The number of carbonyl (C=O) groups is 1. The molecule has 7 heteroatoms. The van der Waals surface area contributed by atoms with Gasteiger partial charge in [-0.2, -0.15) is 0 Å². The van der Waals surface area contributed by atoms with Gasteiger partial charge >= 0.3 is 0 Å². The molecule has 3 rings (SSSR count). The van der Waals surface area contributed by atoms with Crippen LogP contribution in [0.25, 0.3) is 0 Å². The van der Waals surface area contributed by atoms with Gasteiger partial charge in [0.05, 0.1) is 5.75 Å². The first-order valence-corrected chi connectivity index (χ1v) is 9.72. The van der Waals surface area contributed by atoms with Crippen molar-refractivity contribution >= 4 is 17.7 Å². The molecule has 1 aromatic carbocycles. The standard InChI is InChI=1S/C18H25N5OS/c1-13-7-6-8-14(2)22(13)17(24)12-25-18-21-20-16(23(18)19)11-15-9-4-3-5-10-15/h3-5,9-10,13-14H,6-8,11-12,19H2,1-2H3/t13-,14-/m1/s1. The molecule has 2 atom stereocenters. The van der Waals surface area contributed by atoms with E-state index < -0.39 is 0 Å². The molecule has 1 aromatic heterocycles. The van der Waals surface area contributed by atoms with Gasteiger partial charge in [-0.3, -0.25) is 4.79 Å². The molecule has 0 unspecified atom stereocenters. The summed E-state index contributed by atoms with van der Waals surface area (Å²) in [7, 11) is 0. The molecule has 2 aromatic rings. The van der Waals surface area contributed by atoms with Crippen molar-refractivity contribution in [2.45, 2.75) is 56.8 Å². The van der Waals surface area contributed by atoms with E-state index in [1.54, 1.807) is 0 Å². The lowest BCUT2D eigenvalue weighted by Crippen LogP contribution is -2.48. The molecule has 0 radical (unpaired) electrons. The molecule has 0 spiro atoms. The monoisotopic (exact) mass is 359 g/mol. The molecule has 6 nitrogen and oxygen atoms in total. The van der Waals surface area contributed by atoms with E-state index in [4.69, 9.17) is 5.84 Å². The van der Waals surface area contributed by atoms with Crippen molar-refractivity contribution in [2.24, 2.45) is 0 Å². The minimum atomic E-state index is 0.150. The molecule has 2 heterocycles. The zero-order valence-corrected chi connectivity index (χ0v) is 15.6. The number of nitrogen functional groups attached to an aromatic ring is 1. The van der Waals surface area contributed by atoms with Crippen LogP contribution in [0.15, 0.2) is 35.5 Å². The molecule has 1 fully saturated rings. The third-order valence-corrected chi connectivity index (χ3v) is 5.67. The molecule has 25 heavy (non-hydrogen) atoms. The van der Waals surface area contributed by atoms with Gasteiger partial charge in [-0.25, -0.2) is 4.68 Å². The van der Waals surface area contributed by atoms with Gasteiger partial charge < -0.3 is 10.7 Å². The summed E-state index contributed by atoms with van der Waals surface area (Å²) in [6.45, 7) is 4.25. The van der Waals surface area contributed by atoms with Crippen LogP contribution in [0.1, 0.15) is 44.5 Å². The second-order valence-electron chi connectivity index (χ2n) is 6.65. The number of amides is 1. The Morgan fingerprint density at radius 3 is 2.56 bits per heavy atom. The molecule has 0 bridgehead atoms. The van der Waals surface area contributed by atoms with Crippen molar-refractivity contribution < 1.29 is 4.79 Å². The summed E-state index contributed by atoms with van der Waals surface area (Å²) in [4.78, 5) is 14.6. The summed E-state index contributed by atoms with van der Waals surface area (Å²) in [6, 6.07) is 10.6. The first-order valence-electron chi connectivity index (χ1n) is 8.73. The Morgan fingerprint density at radius 1 is 1.20 bits per heavy atom. The average Bonchev–Trinajstić information content (AvgIpc) is 2.94. The van der Waals surface area contributed by atoms with Crippen LogP contribution in [0.4, 0.5) is 0 Å². The Labute approximate surface area is 152 Å². The van der Waals surface area contributed by atoms with Crippen LogP contribution in [-0.2, 0) is 11.2 Å². The van der Waals surface area contributed by atoms with Gasteiger partial charge in [0.2, 0.25) is 11.1 Å². The quantitative estimate of drug-likeness (QED) is 0.655. The molecule has 1 saturated heterocycles. The number of nitrogens with two attached hydrogens (primary N) is 1. The van der Waals surface area contributed by atoms with Crippen LogP contribution >= 0.6 is 11.8 Å². The van der Waals surface area contributed by atoms with E-state index >= 15 is 0 Å². The van der Waals surface area contributed by atoms with Crippen molar-refractivity contribution in [1.29, 1.82) is 0 Å². The van der Waals surface area contributed by atoms with Crippen molar-refractivity contribution in [1.82, 2.24) is 19.8 Å². The van der Waals surface area contributed by atoms with E-state index in [0.29, 0.717) is 35.2 Å². The fourth-order valence-corrected chi connectivity index (χ4v) is 4.16. The number of piperidine rings is 1. The third kappa shape index (κ3) is 4.15. The van der Waals surface area contributed by atoms with Gasteiger partial charge in [-0.1, -0.05) is 42.1 Å². The van der Waals surface area contributed by atoms with Crippen LogP contribution in [-0.4, -0.2) is 43.5 Å². The third-order valence-electron chi connectivity index (χ3n) is 4.75. The summed E-state index contributed by atoms with van der Waals surface area (Å²) in [5.74, 6) is 7.30. The normalized spacial score (nSPS) is 20.6. The lowest BCUT2D eigenvalue weighted by molar-refractivity contribution is -0.134. The predicted octanol–water partition coefficient (Wildman–Crippen LogP) is 2.46. The number of carbonyl (C=O) groups excluding carboxylic acids is 1. The summed E-state index contributed by atoms with van der Waals surface area (Å²) >= 11 is 1.36. The number of hydrogen-bond donors (Lipinski definition) is 1. The number of likely N-dealkylation sites (tertiary alicyclic amines) is 1. The summed E-state index contributed by atoms with van der Waals surface area (Å²) in [5, 5.41) is 8.90. The van der Waals surface area contributed by atoms with Gasteiger partial charge in [0.25, 0.3) is 0 Å². The van der Waals surface area contributed by atoms with E-state index in [1.165, 1.54) is 22.9 Å². The molecule has 1 aliphatic heterocycles. The zero-order chi connectivity index (χ0) is 17.8. The molecule has 1 aliphatic rings. The highest BCUT2D eigenvalue weighted by Gasteiger charge is 2.29. The summed E-state index contributed by atoms with van der Waals surface area (Å²) in [5.41, 5.74) is 1.13. The summed E-state index contributed by atoms with van der Waals surface area (Å²) < 4.78 is 1.49. The number of aromatic nitrogens is 3. The van der Waals surface area contributed by atoms with E-state index in [2.05, 4.69) is 24.0 Å². The van der Waals surface area contributed by atoms with E-state index in [0.717, 1.165) is 18.4 Å². The number of thioether (sulfide) groups is 1. The first kappa shape index (κ1) is 17.8. The maximum Gasteiger partial charge on any atom is 0.233 e. The Hall–Kier alpha value is -2.02. The molecule has 1 amide bonds. The van der Waals surface area contributed by atoms with Crippen molar-refractivity contribution in [2.75, 3.05) is 11.6 Å². The lowest BCUT2D eigenvalue weighted by Gasteiger charge is -2.39. The minimum Gasteiger partial charge on any atom is -0.337 e. The van der Waals surface area contributed by atoms with E-state index in [1.807, 2.05) is 35.2 Å². The van der Waals surface area contributed by atoms with Crippen molar-refractivity contribution in [3.63, 3.8) is 0 Å². The topological polar surface area (TPSA) is 77.0 Å². The largest absolute Gasteiger partial charge is 0.337 e. The second-order valence-corrected chi connectivity index (χ2v) is 7.59. The highest BCUT2D eigenvalue weighted by atomic mass is 32.2. The van der Waals surface area contributed by atoms with Gasteiger partial charge in [0, 0.05) is 18.5 Å². The summed E-state index contributed by atoms with van der Waals surface area (Å²) in [6.07, 6.45) is 3.97. The van der Waals surface area contributed by atoms with E-state index in [9.17, 15) is 4.79 Å². The molecule has 134 valence electrons. The number of benzene rings is 1. The zero-order valence-electron chi connectivity index (χ0n) is 14.8. The molecular weight excluding hydrogens is 334 g/mol. The maximum atomic E-state index is 12.6. The Morgan fingerprint density at radius 2 is 1.88 bits per heavy atom. The highest BCUT2D eigenvalue weighted by Crippen LogP contribution is 2.24. The highest BCUT2D eigenvalue weighted by molar-refractivity contribution is 7.99. The second kappa shape index (κ2) is 7.91. The minimum absolute atomic E-state index is 0.150. The number of rotatable bonds is 5. The molecular formula is C18H25N5OS.